The van der Waals surface area contributed by atoms with Crippen LogP contribution in [0, 0.1) is 0 Å². The Bertz CT molecular complexity index is 1330. The summed E-state index contributed by atoms with van der Waals surface area (Å²) in [6.45, 7) is -0.121. The number of fused-ring (bicyclic) bond motifs is 4. The molecule has 5 rings (SSSR count). The molecule has 0 spiro atoms. The Balaban J connectivity index is 1.66. The Kier molecular flexibility index (Phi) is 4.50. The molecule has 0 aliphatic carbocycles. The summed E-state index contributed by atoms with van der Waals surface area (Å²) in [5.41, 5.74) is 1.87. The minimum absolute atomic E-state index is 0.121. The van der Waals surface area contributed by atoms with E-state index in [0.29, 0.717) is 10.0 Å². The highest BCUT2D eigenvalue weighted by molar-refractivity contribution is 6.33. The van der Waals surface area contributed by atoms with Gasteiger partial charge in [-0.05, 0) is 48.5 Å². The molecule has 1 N–H and O–H groups in total. The number of aromatic nitrogens is 1. The molecule has 3 aromatic carbocycles. The van der Waals surface area contributed by atoms with Crippen molar-refractivity contribution in [2.45, 2.75) is 12.6 Å². The van der Waals surface area contributed by atoms with Crippen molar-refractivity contribution >= 4 is 62.8 Å². The first-order chi connectivity index (χ1) is 14.9. The van der Waals surface area contributed by atoms with E-state index in [9.17, 15) is 19.5 Å². The predicted molar refractivity (Wildman–Crippen MR) is 118 cm³/mol. The minimum Gasteiger partial charge on any atom is -0.480 e. The molecule has 1 aromatic heterocycles. The fourth-order valence-electron chi connectivity index (χ4n) is 4.18. The molecule has 6 nitrogen and oxygen atoms in total. The molecule has 0 radical (unpaired) electrons. The van der Waals surface area contributed by atoms with E-state index in [2.05, 4.69) is 0 Å². The summed E-state index contributed by atoms with van der Waals surface area (Å²) in [5.74, 6) is -2.49. The standard InChI is InChI=1S/C23H14Cl2N2O4/c24-12-5-7-18-16(9-12)17-10-13(25)6-8-19(17)26(18)11-20(23(30)31)27-21(28)14-3-1-2-4-15(14)22(27)29/h1-10,20H,11H2,(H,30,31). The molecular weight excluding hydrogens is 439 g/mol. The van der Waals surface area contributed by atoms with Gasteiger partial charge < -0.3 is 9.67 Å². The lowest BCUT2D eigenvalue weighted by atomic mass is 10.1. The third-order valence-corrected chi connectivity index (χ3v) is 6.04. The molecule has 2 heterocycles. The van der Waals surface area contributed by atoms with E-state index in [1.165, 1.54) is 12.1 Å². The van der Waals surface area contributed by atoms with Gasteiger partial charge in [0.1, 0.15) is 0 Å². The normalized spacial score (nSPS) is 14.5. The maximum absolute atomic E-state index is 12.9. The van der Waals surface area contributed by atoms with Crippen molar-refractivity contribution in [3.63, 3.8) is 0 Å². The van der Waals surface area contributed by atoms with E-state index in [1.54, 1.807) is 53.1 Å². The number of aliphatic carboxylic acids is 1. The quantitative estimate of drug-likeness (QED) is 0.448. The maximum Gasteiger partial charge on any atom is 0.328 e. The lowest BCUT2D eigenvalue weighted by Gasteiger charge is -2.24. The van der Waals surface area contributed by atoms with Gasteiger partial charge in [-0.1, -0.05) is 35.3 Å². The van der Waals surface area contributed by atoms with Gasteiger partial charge in [0, 0.05) is 31.9 Å². The fraction of sp³-hybridized carbons (Fsp3) is 0.0870. The van der Waals surface area contributed by atoms with Gasteiger partial charge in [-0.25, -0.2) is 4.79 Å². The van der Waals surface area contributed by atoms with Crippen molar-refractivity contribution in [3.05, 3.63) is 81.8 Å². The van der Waals surface area contributed by atoms with Gasteiger partial charge in [-0.2, -0.15) is 0 Å². The smallest absolute Gasteiger partial charge is 0.328 e. The molecule has 31 heavy (non-hydrogen) atoms. The maximum atomic E-state index is 12.9. The van der Waals surface area contributed by atoms with Crippen LogP contribution in [0.25, 0.3) is 21.8 Å². The molecular formula is C23H14Cl2N2O4. The third kappa shape index (κ3) is 2.99. The molecule has 1 unspecified atom stereocenters. The van der Waals surface area contributed by atoms with Crippen LogP contribution in [-0.4, -0.2) is 38.4 Å². The van der Waals surface area contributed by atoms with Gasteiger partial charge in [0.2, 0.25) is 0 Å². The summed E-state index contributed by atoms with van der Waals surface area (Å²) < 4.78 is 1.78. The van der Waals surface area contributed by atoms with Crippen LogP contribution >= 0.6 is 23.2 Å². The van der Waals surface area contributed by atoms with Crippen LogP contribution in [0.4, 0.5) is 0 Å². The molecule has 2 amide bonds. The second-order valence-electron chi connectivity index (χ2n) is 7.31. The van der Waals surface area contributed by atoms with Crippen LogP contribution in [0.3, 0.4) is 0 Å². The highest BCUT2D eigenvalue weighted by Crippen LogP contribution is 2.34. The van der Waals surface area contributed by atoms with Crippen LogP contribution < -0.4 is 0 Å². The third-order valence-electron chi connectivity index (χ3n) is 5.57. The average Bonchev–Trinajstić information content (AvgIpc) is 3.17. The fourth-order valence-corrected chi connectivity index (χ4v) is 4.52. The number of nitrogens with zero attached hydrogens (tertiary/aromatic N) is 2. The topological polar surface area (TPSA) is 79.6 Å². The molecule has 154 valence electrons. The first kappa shape index (κ1) is 19.6. The number of imide groups is 1. The van der Waals surface area contributed by atoms with E-state index < -0.39 is 23.8 Å². The zero-order chi connectivity index (χ0) is 21.9. The van der Waals surface area contributed by atoms with Gasteiger partial charge in [0.15, 0.2) is 6.04 Å². The second kappa shape index (κ2) is 7.11. The molecule has 1 aliphatic rings. The number of carbonyl (C=O) groups excluding carboxylic acids is 2. The van der Waals surface area contributed by atoms with Gasteiger partial charge in [0.25, 0.3) is 11.8 Å². The second-order valence-corrected chi connectivity index (χ2v) is 8.19. The SMILES string of the molecule is O=C(O)C(Cn1c2ccc(Cl)cc2c2cc(Cl)ccc21)N1C(=O)c2ccccc2C1=O. The monoisotopic (exact) mass is 452 g/mol. The van der Waals surface area contributed by atoms with Crippen LogP contribution in [0.5, 0.6) is 0 Å². The molecule has 1 aliphatic heterocycles. The van der Waals surface area contributed by atoms with Crippen LogP contribution in [0.2, 0.25) is 10.0 Å². The summed E-state index contributed by atoms with van der Waals surface area (Å²) in [6, 6.07) is 15.5. The Morgan fingerprint density at radius 1 is 0.839 bits per heavy atom. The molecule has 0 saturated carbocycles. The largest absolute Gasteiger partial charge is 0.480 e. The summed E-state index contributed by atoms with van der Waals surface area (Å²) >= 11 is 12.4. The average molecular weight is 453 g/mol. The minimum atomic E-state index is -1.39. The summed E-state index contributed by atoms with van der Waals surface area (Å²) in [7, 11) is 0. The summed E-state index contributed by atoms with van der Waals surface area (Å²) in [4.78, 5) is 38.9. The van der Waals surface area contributed by atoms with Crippen molar-refractivity contribution < 1.29 is 19.5 Å². The number of hydrogen-bond acceptors (Lipinski definition) is 3. The van der Waals surface area contributed by atoms with Gasteiger partial charge in [-0.3, -0.25) is 14.5 Å². The highest BCUT2D eigenvalue weighted by Gasteiger charge is 2.43. The van der Waals surface area contributed by atoms with Crippen LogP contribution in [0.1, 0.15) is 20.7 Å². The van der Waals surface area contributed by atoms with E-state index in [0.717, 1.165) is 26.7 Å². The van der Waals surface area contributed by atoms with Crippen LogP contribution in [-0.2, 0) is 11.3 Å². The first-order valence-electron chi connectivity index (χ1n) is 9.43. The Morgan fingerprint density at radius 3 is 1.77 bits per heavy atom. The molecule has 4 aromatic rings. The Morgan fingerprint density at radius 2 is 1.32 bits per heavy atom. The predicted octanol–water partition coefficient (Wildman–Crippen LogP) is 4.85. The number of carboxylic acids is 1. The van der Waals surface area contributed by atoms with Gasteiger partial charge in [0.05, 0.1) is 17.7 Å². The number of carboxylic acid groups (broad SMARTS) is 1. The van der Waals surface area contributed by atoms with E-state index in [-0.39, 0.29) is 17.7 Å². The Labute approximate surface area is 186 Å². The van der Waals surface area contributed by atoms with Crippen molar-refractivity contribution in [2.75, 3.05) is 0 Å². The molecule has 1 atom stereocenters. The lowest BCUT2D eigenvalue weighted by molar-refractivity contribution is -0.142. The molecule has 0 fully saturated rings. The zero-order valence-corrected chi connectivity index (χ0v) is 17.4. The number of benzene rings is 3. The lowest BCUT2D eigenvalue weighted by Crippen LogP contribution is -2.47. The van der Waals surface area contributed by atoms with Crippen molar-refractivity contribution in [1.82, 2.24) is 9.47 Å². The van der Waals surface area contributed by atoms with Gasteiger partial charge in [-0.15, -0.1) is 0 Å². The van der Waals surface area contributed by atoms with Crippen LogP contribution in [0.15, 0.2) is 60.7 Å². The summed E-state index contributed by atoms with van der Waals surface area (Å²) in [6.07, 6.45) is 0. The molecule has 8 heteroatoms. The highest BCUT2D eigenvalue weighted by atomic mass is 35.5. The van der Waals surface area contributed by atoms with Gasteiger partial charge >= 0.3 is 5.97 Å². The first-order valence-corrected chi connectivity index (χ1v) is 10.2. The number of halogens is 2. The zero-order valence-electron chi connectivity index (χ0n) is 15.9. The number of rotatable bonds is 4. The van der Waals surface area contributed by atoms with Crippen molar-refractivity contribution in [3.8, 4) is 0 Å². The number of carbonyl (C=O) groups is 3. The van der Waals surface area contributed by atoms with E-state index in [1.807, 2.05) is 0 Å². The van der Waals surface area contributed by atoms with E-state index in [4.69, 9.17) is 23.2 Å². The number of amides is 2. The van der Waals surface area contributed by atoms with Crippen molar-refractivity contribution in [2.24, 2.45) is 0 Å². The number of hydrogen-bond donors (Lipinski definition) is 1. The van der Waals surface area contributed by atoms with E-state index >= 15 is 0 Å². The van der Waals surface area contributed by atoms with Crippen molar-refractivity contribution in [1.29, 1.82) is 0 Å². The Hall–Kier alpha value is -3.35. The summed E-state index contributed by atoms with van der Waals surface area (Å²) in [5, 5.41) is 12.6. The molecule has 0 saturated heterocycles. The molecule has 0 bridgehead atoms.